The zero-order chi connectivity index (χ0) is 20.8. The first kappa shape index (κ1) is 21.9. The summed E-state index contributed by atoms with van der Waals surface area (Å²) in [6.45, 7) is 5.59. The van der Waals surface area contributed by atoms with E-state index in [4.69, 9.17) is 9.84 Å². The number of nitrogens with one attached hydrogen (secondary N) is 2. The second kappa shape index (κ2) is 9.01. The first-order valence-electron chi connectivity index (χ1n) is 8.16. The van der Waals surface area contributed by atoms with E-state index in [-0.39, 0.29) is 25.2 Å². The molecule has 0 saturated carbocycles. The monoisotopic (exact) mass is 384 g/mol. The third-order valence-electron chi connectivity index (χ3n) is 3.26. The van der Waals surface area contributed by atoms with Gasteiger partial charge in [-0.2, -0.15) is 0 Å². The second-order valence-electron chi connectivity index (χ2n) is 6.84. The lowest BCUT2D eigenvalue weighted by Gasteiger charge is -2.25. The highest BCUT2D eigenvalue weighted by molar-refractivity contribution is 5.77. The maximum atomic E-state index is 12.5. The SMILES string of the molecule is Cc1cn(CC(=O)N(CCC(=O)O)CNC(=O)OC(C)(C)C)c(=O)[nH]c1=O. The minimum atomic E-state index is -1.12. The molecular formula is C16H24N4O7. The van der Waals surface area contributed by atoms with Crippen molar-refractivity contribution in [3.05, 3.63) is 32.6 Å². The van der Waals surface area contributed by atoms with Crippen LogP contribution >= 0.6 is 0 Å². The molecule has 2 amide bonds. The number of aromatic nitrogens is 2. The number of aliphatic carboxylic acids is 1. The van der Waals surface area contributed by atoms with Gasteiger partial charge in [0.05, 0.1) is 13.1 Å². The maximum absolute atomic E-state index is 12.5. The molecule has 0 aliphatic heterocycles. The normalized spacial score (nSPS) is 11.0. The molecule has 3 N–H and O–H groups in total. The number of H-pyrrole nitrogens is 1. The number of carboxylic acids is 1. The molecular weight excluding hydrogens is 360 g/mol. The first-order chi connectivity index (χ1) is 12.4. The predicted molar refractivity (Wildman–Crippen MR) is 94.3 cm³/mol. The summed E-state index contributed by atoms with van der Waals surface area (Å²) in [5, 5.41) is 11.2. The number of carboxylic acid groups (broad SMARTS) is 1. The van der Waals surface area contributed by atoms with Gasteiger partial charge >= 0.3 is 17.8 Å². The number of rotatable bonds is 7. The molecule has 11 nitrogen and oxygen atoms in total. The Morgan fingerprint density at radius 1 is 1.30 bits per heavy atom. The van der Waals surface area contributed by atoms with Crippen LogP contribution in [0, 0.1) is 6.92 Å². The summed E-state index contributed by atoms with van der Waals surface area (Å²) < 4.78 is 6.06. The molecule has 0 radical (unpaired) electrons. The van der Waals surface area contributed by atoms with Gasteiger partial charge in [0, 0.05) is 18.3 Å². The van der Waals surface area contributed by atoms with Crippen molar-refractivity contribution in [1.29, 1.82) is 0 Å². The summed E-state index contributed by atoms with van der Waals surface area (Å²) in [7, 11) is 0. The summed E-state index contributed by atoms with van der Waals surface area (Å²) in [5.41, 5.74) is -1.82. The number of carbonyl (C=O) groups excluding carboxylic acids is 2. The van der Waals surface area contributed by atoms with Crippen molar-refractivity contribution in [2.45, 2.75) is 46.3 Å². The molecule has 1 aromatic rings. The van der Waals surface area contributed by atoms with Crippen LogP contribution in [0.5, 0.6) is 0 Å². The van der Waals surface area contributed by atoms with Gasteiger partial charge in [-0.1, -0.05) is 0 Å². The summed E-state index contributed by atoms with van der Waals surface area (Å²) in [6.07, 6.45) is 0.115. The van der Waals surface area contributed by atoms with Crippen molar-refractivity contribution in [2.75, 3.05) is 13.2 Å². The van der Waals surface area contributed by atoms with Crippen LogP contribution in [-0.4, -0.2) is 56.3 Å². The quantitative estimate of drug-likeness (QED) is 0.543. The molecule has 1 aromatic heterocycles. The van der Waals surface area contributed by atoms with Gasteiger partial charge in [0.2, 0.25) is 5.91 Å². The Bertz CT molecular complexity index is 819. The number of amides is 2. The van der Waals surface area contributed by atoms with E-state index in [1.165, 1.54) is 13.1 Å². The van der Waals surface area contributed by atoms with Gasteiger partial charge in [-0.15, -0.1) is 0 Å². The van der Waals surface area contributed by atoms with Gasteiger partial charge in [-0.05, 0) is 27.7 Å². The number of aryl methyl sites for hydroxylation is 1. The molecule has 150 valence electrons. The van der Waals surface area contributed by atoms with E-state index in [0.29, 0.717) is 0 Å². The predicted octanol–water partition coefficient (Wildman–Crippen LogP) is -0.369. The average Bonchev–Trinajstić information content (AvgIpc) is 2.50. The van der Waals surface area contributed by atoms with Crippen molar-refractivity contribution in [2.24, 2.45) is 0 Å². The number of carbonyl (C=O) groups is 3. The number of alkyl carbamates (subject to hydrolysis) is 1. The fraction of sp³-hybridized carbons (Fsp3) is 0.562. The lowest BCUT2D eigenvalue weighted by Crippen LogP contribution is -2.46. The fourth-order valence-corrected chi connectivity index (χ4v) is 1.98. The molecule has 0 saturated heterocycles. The number of nitrogens with zero attached hydrogens (tertiary/aromatic N) is 2. The van der Waals surface area contributed by atoms with Gasteiger partial charge in [-0.25, -0.2) is 9.59 Å². The third kappa shape index (κ3) is 7.75. The average molecular weight is 384 g/mol. The number of aromatic amines is 1. The van der Waals surface area contributed by atoms with Crippen LogP contribution in [0.1, 0.15) is 32.8 Å². The fourth-order valence-electron chi connectivity index (χ4n) is 1.98. The highest BCUT2D eigenvalue weighted by atomic mass is 16.6. The van der Waals surface area contributed by atoms with Crippen molar-refractivity contribution < 1.29 is 24.2 Å². The maximum Gasteiger partial charge on any atom is 0.409 e. The van der Waals surface area contributed by atoms with Crippen LogP contribution in [0.15, 0.2) is 15.8 Å². The number of hydrogen-bond donors (Lipinski definition) is 3. The summed E-state index contributed by atoms with van der Waals surface area (Å²) >= 11 is 0. The van der Waals surface area contributed by atoms with Crippen LogP contribution in [-0.2, 0) is 20.9 Å². The molecule has 1 rings (SSSR count). The minimum absolute atomic E-state index is 0.180. The highest BCUT2D eigenvalue weighted by Crippen LogP contribution is 2.06. The first-order valence-corrected chi connectivity index (χ1v) is 8.16. The van der Waals surface area contributed by atoms with E-state index in [1.807, 2.05) is 0 Å². The summed E-state index contributed by atoms with van der Waals surface area (Å²) in [4.78, 5) is 61.3. The molecule has 0 fully saturated rings. The lowest BCUT2D eigenvalue weighted by molar-refractivity contribution is -0.138. The lowest BCUT2D eigenvalue weighted by atomic mass is 10.2. The number of ether oxygens (including phenoxy) is 1. The third-order valence-corrected chi connectivity index (χ3v) is 3.26. The summed E-state index contributed by atoms with van der Waals surface area (Å²) in [5.74, 6) is -1.73. The van der Waals surface area contributed by atoms with Gasteiger partial charge in [0.25, 0.3) is 5.56 Å². The van der Waals surface area contributed by atoms with Crippen LogP contribution < -0.4 is 16.6 Å². The highest BCUT2D eigenvalue weighted by Gasteiger charge is 2.20. The van der Waals surface area contributed by atoms with E-state index in [0.717, 1.165) is 9.47 Å². The topological polar surface area (TPSA) is 151 Å². The molecule has 0 spiro atoms. The minimum Gasteiger partial charge on any atom is -0.481 e. The van der Waals surface area contributed by atoms with Gasteiger partial charge in [0.15, 0.2) is 0 Å². The smallest absolute Gasteiger partial charge is 0.409 e. The Labute approximate surface area is 154 Å². The largest absolute Gasteiger partial charge is 0.481 e. The molecule has 0 aliphatic carbocycles. The molecule has 0 atom stereocenters. The Morgan fingerprint density at radius 2 is 1.93 bits per heavy atom. The second-order valence-corrected chi connectivity index (χ2v) is 6.84. The van der Waals surface area contributed by atoms with Gasteiger partial charge in [-0.3, -0.25) is 23.9 Å². The number of hydrogen-bond acceptors (Lipinski definition) is 6. The Balaban J connectivity index is 2.86. The molecule has 0 bridgehead atoms. The van der Waals surface area contributed by atoms with Crippen molar-refractivity contribution >= 4 is 18.0 Å². The molecule has 0 aromatic carbocycles. The van der Waals surface area contributed by atoms with Gasteiger partial charge < -0.3 is 20.1 Å². The van der Waals surface area contributed by atoms with E-state index in [1.54, 1.807) is 20.8 Å². The Hall–Kier alpha value is -3.11. The zero-order valence-corrected chi connectivity index (χ0v) is 15.7. The zero-order valence-electron chi connectivity index (χ0n) is 15.7. The Morgan fingerprint density at radius 3 is 2.48 bits per heavy atom. The van der Waals surface area contributed by atoms with E-state index < -0.39 is 41.4 Å². The van der Waals surface area contributed by atoms with Crippen molar-refractivity contribution in [1.82, 2.24) is 19.8 Å². The van der Waals surface area contributed by atoms with Crippen molar-refractivity contribution in [3.63, 3.8) is 0 Å². The van der Waals surface area contributed by atoms with Crippen molar-refractivity contribution in [3.8, 4) is 0 Å². The van der Waals surface area contributed by atoms with Crippen LogP contribution in [0.4, 0.5) is 4.79 Å². The molecule has 27 heavy (non-hydrogen) atoms. The van der Waals surface area contributed by atoms with Gasteiger partial charge in [0.1, 0.15) is 12.1 Å². The van der Waals surface area contributed by atoms with E-state index in [2.05, 4.69) is 10.3 Å². The Kier molecular flexibility index (Phi) is 7.32. The molecule has 0 unspecified atom stereocenters. The molecule has 11 heteroatoms. The van der Waals surface area contributed by atoms with Crippen LogP contribution in [0.25, 0.3) is 0 Å². The molecule has 0 aliphatic rings. The summed E-state index contributed by atoms with van der Waals surface area (Å²) in [6, 6.07) is 0. The van der Waals surface area contributed by atoms with Crippen LogP contribution in [0.3, 0.4) is 0 Å². The molecule has 1 heterocycles. The van der Waals surface area contributed by atoms with E-state index >= 15 is 0 Å². The van der Waals surface area contributed by atoms with Crippen LogP contribution in [0.2, 0.25) is 0 Å². The van der Waals surface area contributed by atoms with E-state index in [9.17, 15) is 24.0 Å². The standard InChI is InChI=1S/C16H24N4O7/c1-10-7-20(14(25)18-13(10)24)8-11(21)19(6-5-12(22)23)9-17-15(26)27-16(2,3)4/h7H,5-6,8-9H2,1-4H3,(H,17,26)(H,22,23)(H,18,24,25).